The van der Waals surface area contributed by atoms with Crippen molar-refractivity contribution in [2.45, 2.75) is 44.0 Å². The topological polar surface area (TPSA) is 49.4 Å². The first-order chi connectivity index (χ1) is 9.45. The molecule has 0 saturated carbocycles. The molecule has 1 aromatic rings. The van der Waals surface area contributed by atoms with Gasteiger partial charge in [0.25, 0.3) is 0 Å². The molecule has 0 aromatic heterocycles. The number of halogens is 1. The van der Waals surface area contributed by atoms with Crippen molar-refractivity contribution in [3.8, 4) is 0 Å². The first-order valence-corrected chi connectivity index (χ1v) is 8.72. The number of benzene rings is 1. The number of rotatable bonds is 4. The molecular weight excluding hydrogens is 308 g/mol. The van der Waals surface area contributed by atoms with E-state index in [0.29, 0.717) is 30.4 Å². The lowest BCUT2D eigenvalue weighted by Gasteiger charge is -2.31. The maximum atomic E-state index is 12.6. The monoisotopic (exact) mass is 332 g/mol. The maximum Gasteiger partial charge on any atom is 0.243 e. The number of hydrogen-bond donors (Lipinski definition) is 1. The summed E-state index contributed by atoms with van der Waals surface area (Å²) in [5.41, 5.74) is 1.19. The van der Waals surface area contributed by atoms with E-state index < -0.39 is 10.0 Å². The van der Waals surface area contributed by atoms with Gasteiger partial charge in [0.2, 0.25) is 10.0 Å². The Morgan fingerprint density at radius 3 is 2.48 bits per heavy atom. The third kappa shape index (κ3) is 4.19. The Balaban J connectivity index is 0.00000220. The standard InChI is InChI=1S/C15H24N2O2S.ClH/c1-4-12(2)14-5-7-15(8-6-14)20(18,19)17-10-9-16-13(3)11-17;/h5-8,12-13,16H,4,9-11H2,1-3H3;1H. The number of piperazine rings is 1. The van der Waals surface area contributed by atoms with E-state index in [4.69, 9.17) is 0 Å². The largest absolute Gasteiger partial charge is 0.312 e. The van der Waals surface area contributed by atoms with Crippen molar-refractivity contribution in [1.82, 2.24) is 9.62 Å². The third-order valence-electron chi connectivity index (χ3n) is 4.03. The molecule has 0 aliphatic carbocycles. The van der Waals surface area contributed by atoms with Gasteiger partial charge < -0.3 is 5.32 Å². The molecule has 2 rings (SSSR count). The number of hydrogen-bond acceptors (Lipinski definition) is 3. The van der Waals surface area contributed by atoms with Gasteiger partial charge in [-0.2, -0.15) is 4.31 Å². The van der Waals surface area contributed by atoms with Gasteiger partial charge in [-0.15, -0.1) is 12.4 Å². The van der Waals surface area contributed by atoms with Crippen molar-refractivity contribution in [3.63, 3.8) is 0 Å². The van der Waals surface area contributed by atoms with E-state index in [1.54, 1.807) is 16.4 Å². The molecule has 1 aliphatic rings. The Hall–Kier alpha value is -0.620. The van der Waals surface area contributed by atoms with Crippen molar-refractivity contribution in [2.75, 3.05) is 19.6 Å². The lowest BCUT2D eigenvalue weighted by atomic mass is 9.99. The van der Waals surface area contributed by atoms with E-state index in [2.05, 4.69) is 19.2 Å². The number of sulfonamides is 1. The molecule has 1 fully saturated rings. The molecule has 2 atom stereocenters. The molecule has 1 heterocycles. The van der Waals surface area contributed by atoms with Crippen molar-refractivity contribution < 1.29 is 8.42 Å². The van der Waals surface area contributed by atoms with Gasteiger partial charge >= 0.3 is 0 Å². The van der Waals surface area contributed by atoms with E-state index in [9.17, 15) is 8.42 Å². The molecule has 0 radical (unpaired) electrons. The Kier molecular flexibility index (Phi) is 6.66. The summed E-state index contributed by atoms with van der Waals surface area (Å²) >= 11 is 0. The highest BCUT2D eigenvalue weighted by molar-refractivity contribution is 7.89. The molecule has 2 unspecified atom stereocenters. The Morgan fingerprint density at radius 2 is 1.95 bits per heavy atom. The quantitative estimate of drug-likeness (QED) is 0.922. The lowest BCUT2D eigenvalue weighted by Crippen LogP contribution is -2.51. The van der Waals surface area contributed by atoms with Crippen LogP contribution in [-0.2, 0) is 10.0 Å². The highest BCUT2D eigenvalue weighted by Crippen LogP contribution is 2.22. The molecule has 1 aromatic carbocycles. The zero-order valence-corrected chi connectivity index (χ0v) is 14.5. The Labute approximate surface area is 134 Å². The predicted octanol–water partition coefficient (Wildman–Crippen LogP) is 2.60. The summed E-state index contributed by atoms with van der Waals surface area (Å²) in [4.78, 5) is 0.402. The normalized spacial score (nSPS) is 21.6. The minimum Gasteiger partial charge on any atom is -0.312 e. The van der Waals surface area contributed by atoms with Crippen LogP contribution >= 0.6 is 12.4 Å². The van der Waals surface area contributed by atoms with Gasteiger partial charge in [-0.3, -0.25) is 0 Å². The second kappa shape index (κ2) is 7.58. The van der Waals surface area contributed by atoms with Crippen LogP contribution in [0.2, 0.25) is 0 Å². The van der Waals surface area contributed by atoms with Gasteiger partial charge in [0.15, 0.2) is 0 Å². The molecule has 4 nitrogen and oxygen atoms in total. The van der Waals surface area contributed by atoms with Crippen molar-refractivity contribution in [3.05, 3.63) is 29.8 Å². The fourth-order valence-electron chi connectivity index (χ4n) is 2.47. The summed E-state index contributed by atoms with van der Waals surface area (Å²) in [7, 11) is -3.35. The predicted molar refractivity (Wildman–Crippen MR) is 88.6 cm³/mol. The molecule has 0 spiro atoms. The molecule has 0 amide bonds. The van der Waals surface area contributed by atoms with Crippen molar-refractivity contribution in [1.29, 1.82) is 0 Å². The van der Waals surface area contributed by atoms with Crippen LogP contribution in [0.4, 0.5) is 0 Å². The summed E-state index contributed by atoms with van der Waals surface area (Å²) in [6, 6.07) is 7.56. The molecule has 21 heavy (non-hydrogen) atoms. The third-order valence-corrected chi connectivity index (χ3v) is 5.91. The first-order valence-electron chi connectivity index (χ1n) is 7.28. The summed E-state index contributed by atoms with van der Waals surface area (Å²) < 4.78 is 26.7. The molecule has 120 valence electrons. The van der Waals surface area contributed by atoms with Crippen LogP contribution in [0.25, 0.3) is 0 Å². The fourth-order valence-corrected chi connectivity index (χ4v) is 4.00. The minimum atomic E-state index is -3.35. The first kappa shape index (κ1) is 18.4. The average Bonchev–Trinajstić information content (AvgIpc) is 2.46. The Morgan fingerprint density at radius 1 is 1.33 bits per heavy atom. The van der Waals surface area contributed by atoms with Crippen LogP contribution in [0.3, 0.4) is 0 Å². The molecule has 1 saturated heterocycles. The van der Waals surface area contributed by atoms with Crippen molar-refractivity contribution in [2.24, 2.45) is 0 Å². The molecule has 6 heteroatoms. The summed E-state index contributed by atoms with van der Waals surface area (Å²) in [5.74, 6) is 0.464. The van der Waals surface area contributed by atoms with E-state index >= 15 is 0 Å². The van der Waals surface area contributed by atoms with Crippen LogP contribution in [0.1, 0.15) is 38.7 Å². The van der Waals surface area contributed by atoms with Gasteiger partial charge in [-0.1, -0.05) is 26.0 Å². The highest BCUT2D eigenvalue weighted by atomic mass is 35.5. The van der Waals surface area contributed by atoms with E-state index in [0.717, 1.165) is 6.42 Å². The van der Waals surface area contributed by atoms with Crippen LogP contribution in [0.15, 0.2) is 29.2 Å². The van der Waals surface area contributed by atoms with Crippen LogP contribution in [0.5, 0.6) is 0 Å². The van der Waals surface area contributed by atoms with Gasteiger partial charge in [0.1, 0.15) is 0 Å². The van der Waals surface area contributed by atoms with Gasteiger partial charge in [-0.05, 0) is 37.0 Å². The van der Waals surface area contributed by atoms with Crippen LogP contribution in [0, 0.1) is 0 Å². The molecular formula is C15H25ClN2O2S. The molecule has 1 aliphatic heterocycles. The lowest BCUT2D eigenvalue weighted by molar-refractivity contribution is 0.310. The second-order valence-electron chi connectivity index (χ2n) is 5.60. The SMILES string of the molecule is CCC(C)c1ccc(S(=O)(=O)N2CCNC(C)C2)cc1.Cl. The smallest absolute Gasteiger partial charge is 0.243 e. The zero-order valence-electron chi connectivity index (χ0n) is 12.9. The average molecular weight is 333 g/mol. The maximum absolute atomic E-state index is 12.6. The van der Waals surface area contributed by atoms with E-state index in [-0.39, 0.29) is 18.4 Å². The van der Waals surface area contributed by atoms with Crippen LogP contribution in [-0.4, -0.2) is 38.4 Å². The van der Waals surface area contributed by atoms with Gasteiger partial charge in [-0.25, -0.2) is 8.42 Å². The van der Waals surface area contributed by atoms with Gasteiger partial charge in [0.05, 0.1) is 4.90 Å². The van der Waals surface area contributed by atoms with Crippen molar-refractivity contribution >= 4 is 22.4 Å². The van der Waals surface area contributed by atoms with Crippen LogP contribution < -0.4 is 5.32 Å². The minimum absolute atomic E-state index is 0. The van der Waals surface area contributed by atoms with E-state index in [1.807, 2.05) is 19.1 Å². The second-order valence-corrected chi connectivity index (χ2v) is 7.53. The summed E-state index contributed by atoms with van der Waals surface area (Å²) in [6.07, 6.45) is 1.06. The molecule has 1 N–H and O–H groups in total. The number of nitrogens with one attached hydrogen (secondary N) is 1. The zero-order chi connectivity index (χ0) is 14.8. The van der Waals surface area contributed by atoms with E-state index in [1.165, 1.54) is 5.56 Å². The number of nitrogens with zero attached hydrogens (tertiary/aromatic N) is 1. The van der Waals surface area contributed by atoms with Gasteiger partial charge in [0, 0.05) is 25.7 Å². The highest BCUT2D eigenvalue weighted by Gasteiger charge is 2.28. The molecule has 0 bridgehead atoms. The fraction of sp³-hybridized carbons (Fsp3) is 0.600. The summed E-state index contributed by atoms with van der Waals surface area (Å²) in [5, 5.41) is 3.26. The Bertz CT molecular complexity index is 545. The summed E-state index contributed by atoms with van der Waals surface area (Å²) in [6.45, 7) is 8.09.